The van der Waals surface area contributed by atoms with E-state index in [9.17, 15) is 20.0 Å². The number of methoxy groups -OCH3 is 1. The van der Waals surface area contributed by atoms with E-state index in [-0.39, 0.29) is 22.3 Å². The summed E-state index contributed by atoms with van der Waals surface area (Å²) in [6, 6.07) is 19.8. The van der Waals surface area contributed by atoms with Crippen LogP contribution in [0.25, 0.3) is 5.76 Å². The third kappa shape index (κ3) is 4.46. The van der Waals surface area contributed by atoms with E-state index in [0.29, 0.717) is 27.6 Å². The zero-order chi connectivity index (χ0) is 26.2. The Labute approximate surface area is 215 Å². The standard InChI is InChI=1S/C29H25ClN2O4/c1-29(2,3)19-9-7-18(8-10-19)25-24(26(33)22-15-20(30)11-14-23(22)36-4)27(34)28(35)32(25)21-12-5-17(16-31)6-13-21/h5-15,25,33H,1-4H3/b26-24+. The molecule has 3 aromatic rings. The number of nitriles is 1. The molecule has 1 aliphatic heterocycles. The third-order valence-electron chi connectivity index (χ3n) is 6.23. The Kier molecular flexibility index (Phi) is 6.62. The fourth-order valence-electron chi connectivity index (χ4n) is 4.29. The summed E-state index contributed by atoms with van der Waals surface area (Å²) in [4.78, 5) is 28.1. The van der Waals surface area contributed by atoms with Gasteiger partial charge in [0.25, 0.3) is 11.7 Å². The molecule has 7 heteroatoms. The van der Waals surface area contributed by atoms with Crippen LogP contribution in [0.15, 0.2) is 72.3 Å². The van der Waals surface area contributed by atoms with Gasteiger partial charge in [0.1, 0.15) is 11.5 Å². The zero-order valence-corrected chi connectivity index (χ0v) is 21.1. The predicted octanol–water partition coefficient (Wildman–Crippen LogP) is 6.14. The number of aliphatic hydroxyl groups excluding tert-OH is 1. The van der Waals surface area contributed by atoms with Gasteiger partial charge >= 0.3 is 0 Å². The van der Waals surface area contributed by atoms with Gasteiger partial charge in [-0.25, -0.2) is 0 Å². The lowest BCUT2D eigenvalue weighted by Gasteiger charge is -2.26. The highest BCUT2D eigenvalue weighted by Crippen LogP contribution is 2.44. The highest BCUT2D eigenvalue weighted by Gasteiger charge is 2.47. The van der Waals surface area contributed by atoms with E-state index >= 15 is 0 Å². The summed E-state index contributed by atoms with van der Waals surface area (Å²) in [7, 11) is 1.44. The molecule has 3 aromatic carbocycles. The number of carbonyl (C=O) groups is 2. The van der Waals surface area contributed by atoms with Gasteiger partial charge < -0.3 is 9.84 Å². The first-order valence-corrected chi connectivity index (χ1v) is 11.7. The molecule has 0 saturated carbocycles. The Hall–Kier alpha value is -4.08. The SMILES string of the molecule is COc1ccc(Cl)cc1/C(O)=C1\C(=O)C(=O)N(c2ccc(C#N)cc2)C1c1ccc(C(C)(C)C)cc1. The maximum Gasteiger partial charge on any atom is 0.300 e. The Bertz CT molecular complexity index is 1410. The summed E-state index contributed by atoms with van der Waals surface area (Å²) in [5.74, 6) is -1.69. The Balaban J connectivity index is 1.96. The molecule has 6 nitrogen and oxygen atoms in total. The van der Waals surface area contributed by atoms with Crippen LogP contribution in [0.3, 0.4) is 0 Å². The van der Waals surface area contributed by atoms with Crippen LogP contribution in [-0.4, -0.2) is 23.9 Å². The maximum absolute atomic E-state index is 13.4. The third-order valence-corrected chi connectivity index (χ3v) is 6.46. The molecule has 36 heavy (non-hydrogen) atoms. The number of ether oxygens (including phenoxy) is 1. The predicted molar refractivity (Wildman–Crippen MR) is 139 cm³/mol. The average Bonchev–Trinajstić information content (AvgIpc) is 3.13. The summed E-state index contributed by atoms with van der Waals surface area (Å²) in [5, 5.41) is 20.9. The molecular formula is C29H25ClN2O4. The molecule has 182 valence electrons. The van der Waals surface area contributed by atoms with Crippen molar-refractivity contribution < 1.29 is 19.4 Å². The van der Waals surface area contributed by atoms with Crippen molar-refractivity contribution in [3.05, 3.63) is 99.6 Å². The number of ketones is 1. The topological polar surface area (TPSA) is 90.6 Å². The van der Waals surface area contributed by atoms with E-state index in [2.05, 4.69) is 20.8 Å². The molecule has 1 N–H and O–H groups in total. The Morgan fingerprint density at radius 2 is 1.67 bits per heavy atom. The van der Waals surface area contributed by atoms with E-state index in [1.54, 1.807) is 36.4 Å². The number of halogens is 1. The van der Waals surface area contributed by atoms with Crippen LogP contribution in [0.2, 0.25) is 5.02 Å². The quantitative estimate of drug-likeness (QED) is 0.264. The lowest BCUT2D eigenvalue weighted by molar-refractivity contribution is -0.132. The minimum Gasteiger partial charge on any atom is -0.507 e. The second-order valence-electron chi connectivity index (χ2n) is 9.54. The summed E-state index contributed by atoms with van der Waals surface area (Å²) in [6.07, 6.45) is 0. The number of aliphatic hydroxyl groups is 1. The average molecular weight is 501 g/mol. The van der Waals surface area contributed by atoms with E-state index in [4.69, 9.17) is 16.3 Å². The molecule has 1 heterocycles. The van der Waals surface area contributed by atoms with Crippen LogP contribution in [0.1, 0.15) is 49.1 Å². The second-order valence-corrected chi connectivity index (χ2v) is 9.98. The van der Waals surface area contributed by atoms with Crippen molar-refractivity contribution in [1.29, 1.82) is 5.26 Å². The number of hydrogen-bond donors (Lipinski definition) is 1. The van der Waals surface area contributed by atoms with E-state index in [1.807, 2.05) is 30.3 Å². The van der Waals surface area contributed by atoms with Crippen molar-refractivity contribution in [2.24, 2.45) is 0 Å². The first-order valence-electron chi connectivity index (χ1n) is 11.3. The van der Waals surface area contributed by atoms with Crippen LogP contribution in [0, 0.1) is 11.3 Å². The van der Waals surface area contributed by atoms with Crippen LogP contribution in [0.5, 0.6) is 5.75 Å². The largest absolute Gasteiger partial charge is 0.507 e. The molecular weight excluding hydrogens is 476 g/mol. The molecule has 0 radical (unpaired) electrons. The lowest BCUT2D eigenvalue weighted by Crippen LogP contribution is -2.29. The van der Waals surface area contributed by atoms with Crippen molar-refractivity contribution in [2.45, 2.75) is 32.2 Å². The fraction of sp³-hybridized carbons (Fsp3) is 0.207. The Morgan fingerprint density at radius 1 is 1.03 bits per heavy atom. The molecule has 4 rings (SSSR count). The van der Waals surface area contributed by atoms with Gasteiger partial charge in [-0.2, -0.15) is 5.26 Å². The molecule has 0 aromatic heterocycles. The second kappa shape index (κ2) is 9.52. The molecule has 1 aliphatic rings. The molecule has 0 bridgehead atoms. The summed E-state index contributed by atoms with van der Waals surface area (Å²) in [5.41, 5.74) is 2.62. The van der Waals surface area contributed by atoms with Gasteiger partial charge in [-0.3, -0.25) is 14.5 Å². The number of benzene rings is 3. The van der Waals surface area contributed by atoms with Gasteiger partial charge in [-0.05, 0) is 59.0 Å². The van der Waals surface area contributed by atoms with Crippen LogP contribution in [-0.2, 0) is 15.0 Å². The smallest absolute Gasteiger partial charge is 0.300 e. The van der Waals surface area contributed by atoms with Gasteiger partial charge in [0, 0.05) is 10.7 Å². The molecule has 1 atom stereocenters. The number of Topliss-reactive ketones (excluding diaryl/α,β-unsaturated/α-hetero) is 1. The molecule has 1 saturated heterocycles. The van der Waals surface area contributed by atoms with Crippen LogP contribution >= 0.6 is 11.6 Å². The highest BCUT2D eigenvalue weighted by atomic mass is 35.5. The van der Waals surface area contributed by atoms with Gasteiger partial charge in [0.05, 0.1) is 35.9 Å². The van der Waals surface area contributed by atoms with Gasteiger partial charge in [0.15, 0.2) is 0 Å². The first kappa shape index (κ1) is 25.0. The van der Waals surface area contributed by atoms with Gasteiger partial charge in [-0.1, -0.05) is 56.6 Å². The van der Waals surface area contributed by atoms with Crippen LogP contribution in [0.4, 0.5) is 5.69 Å². The number of anilines is 1. The summed E-state index contributed by atoms with van der Waals surface area (Å²) >= 11 is 6.18. The normalized spacial score (nSPS) is 17.2. The van der Waals surface area contributed by atoms with Crippen molar-refractivity contribution in [1.82, 2.24) is 0 Å². The van der Waals surface area contributed by atoms with E-state index in [1.165, 1.54) is 18.1 Å². The zero-order valence-electron chi connectivity index (χ0n) is 20.4. The van der Waals surface area contributed by atoms with E-state index in [0.717, 1.165) is 5.56 Å². The fourth-order valence-corrected chi connectivity index (χ4v) is 4.46. The number of carbonyl (C=O) groups excluding carboxylic acids is 2. The van der Waals surface area contributed by atoms with E-state index < -0.39 is 17.7 Å². The lowest BCUT2D eigenvalue weighted by atomic mass is 9.85. The van der Waals surface area contributed by atoms with Crippen molar-refractivity contribution in [3.8, 4) is 11.8 Å². The monoisotopic (exact) mass is 500 g/mol. The molecule has 1 unspecified atom stereocenters. The van der Waals surface area contributed by atoms with Gasteiger partial charge in [0.2, 0.25) is 0 Å². The highest BCUT2D eigenvalue weighted by molar-refractivity contribution is 6.51. The van der Waals surface area contributed by atoms with Crippen LogP contribution < -0.4 is 9.64 Å². The minimum absolute atomic E-state index is 0.0755. The number of nitrogens with zero attached hydrogens (tertiary/aromatic N) is 2. The number of rotatable bonds is 4. The summed E-state index contributed by atoms with van der Waals surface area (Å²) < 4.78 is 5.38. The minimum atomic E-state index is -0.907. The van der Waals surface area contributed by atoms with Crippen molar-refractivity contribution in [3.63, 3.8) is 0 Å². The molecule has 0 aliphatic carbocycles. The van der Waals surface area contributed by atoms with Crippen molar-refractivity contribution >= 4 is 34.7 Å². The number of hydrogen-bond acceptors (Lipinski definition) is 5. The number of amides is 1. The van der Waals surface area contributed by atoms with Crippen molar-refractivity contribution in [2.75, 3.05) is 12.0 Å². The maximum atomic E-state index is 13.4. The Morgan fingerprint density at radius 3 is 2.22 bits per heavy atom. The summed E-state index contributed by atoms with van der Waals surface area (Å²) in [6.45, 7) is 6.28. The first-order chi connectivity index (χ1) is 17.1. The molecule has 1 amide bonds. The molecule has 1 fully saturated rings. The van der Waals surface area contributed by atoms with Gasteiger partial charge in [-0.15, -0.1) is 0 Å². The molecule has 0 spiro atoms.